The Morgan fingerprint density at radius 2 is 1.35 bits per heavy atom. The predicted octanol–water partition coefficient (Wildman–Crippen LogP) is -0.535. The lowest BCUT2D eigenvalue weighted by Gasteiger charge is -2.23. The standard InChI is InChI=1S/C8H12N2O2.2C2H4O2/c9-7(8(10,11)12)6-4-2-1-3-5-6;2*1-2(3)4/h1-5,7,11-12H,9-10H2;2*1H3,(H,3,4). The number of aliphatic hydroxyl groups is 2. The Kier molecular flexibility index (Phi) is 10.0. The fourth-order valence-electron chi connectivity index (χ4n) is 0.906. The molecule has 0 aliphatic carbocycles. The molecule has 0 heterocycles. The van der Waals surface area contributed by atoms with Gasteiger partial charge in [-0.1, -0.05) is 30.3 Å². The van der Waals surface area contributed by atoms with E-state index >= 15 is 0 Å². The number of aliphatic carboxylic acids is 2. The van der Waals surface area contributed by atoms with E-state index in [1.807, 2.05) is 6.07 Å². The van der Waals surface area contributed by atoms with Gasteiger partial charge in [-0.3, -0.25) is 15.3 Å². The molecule has 8 heteroatoms. The second-order valence-corrected chi connectivity index (χ2v) is 3.71. The van der Waals surface area contributed by atoms with Crippen LogP contribution < -0.4 is 11.5 Å². The summed E-state index contributed by atoms with van der Waals surface area (Å²) >= 11 is 0. The number of rotatable bonds is 2. The molecule has 0 saturated carbocycles. The Hall–Kier alpha value is -2.00. The lowest BCUT2D eigenvalue weighted by Crippen LogP contribution is -2.49. The summed E-state index contributed by atoms with van der Waals surface area (Å²) in [7, 11) is 0. The molecule has 0 amide bonds. The van der Waals surface area contributed by atoms with Gasteiger partial charge >= 0.3 is 0 Å². The van der Waals surface area contributed by atoms with Gasteiger partial charge in [-0.2, -0.15) is 0 Å². The minimum Gasteiger partial charge on any atom is -0.481 e. The number of carboxylic acid groups (broad SMARTS) is 2. The summed E-state index contributed by atoms with van der Waals surface area (Å²) in [5.41, 5.74) is 11.0. The van der Waals surface area contributed by atoms with E-state index in [0.717, 1.165) is 13.8 Å². The number of benzene rings is 1. The molecular formula is C12H20N2O6. The summed E-state index contributed by atoms with van der Waals surface area (Å²) in [6.45, 7) is 2.17. The molecule has 1 atom stereocenters. The summed E-state index contributed by atoms with van der Waals surface area (Å²) < 4.78 is 0. The van der Waals surface area contributed by atoms with E-state index < -0.39 is 23.9 Å². The molecule has 1 aromatic carbocycles. The van der Waals surface area contributed by atoms with Gasteiger partial charge < -0.3 is 26.2 Å². The Morgan fingerprint density at radius 1 is 1.05 bits per heavy atom. The van der Waals surface area contributed by atoms with Gasteiger partial charge in [0.25, 0.3) is 11.9 Å². The molecule has 0 radical (unpaired) electrons. The fraction of sp³-hybridized carbons (Fsp3) is 0.333. The van der Waals surface area contributed by atoms with E-state index in [2.05, 4.69) is 0 Å². The maximum atomic E-state index is 9.00. The maximum Gasteiger partial charge on any atom is 0.300 e. The third-order valence-corrected chi connectivity index (χ3v) is 1.62. The molecule has 8 nitrogen and oxygen atoms in total. The van der Waals surface area contributed by atoms with Crippen molar-refractivity contribution in [2.45, 2.75) is 25.8 Å². The van der Waals surface area contributed by atoms with Crippen molar-refractivity contribution in [1.29, 1.82) is 0 Å². The van der Waals surface area contributed by atoms with E-state index in [4.69, 9.17) is 41.5 Å². The summed E-state index contributed by atoms with van der Waals surface area (Å²) in [6, 6.07) is 7.68. The van der Waals surface area contributed by atoms with Crippen LogP contribution >= 0.6 is 0 Å². The molecule has 1 aromatic rings. The molecule has 0 saturated heterocycles. The highest BCUT2D eigenvalue weighted by Crippen LogP contribution is 2.16. The first-order valence-electron chi connectivity index (χ1n) is 5.41. The summed E-state index contributed by atoms with van der Waals surface area (Å²) in [6.07, 6.45) is 0. The highest BCUT2D eigenvalue weighted by Gasteiger charge is 2.27. The van der Waals surface area contributed by atoms with Crippen molar-refractivity contribution in [3.63, 3.8) is 0 Å². The Morgan fingerprint density at radius 3 is 1.60 bits per heavy atom. The molecule has 0 bridgehead atoms. The number of nitrogens with two attached hydrogens (primary N) is 2. The number of carbonyl (C=O) groups is 2. The van der Waals surface area contributed by atoms with Gasteiger partial charge in [-0.25, -0.2) is 0 Å². The van der Waals surface area contributed by atoms with Crippen LogP contribution in [-0.4, -0.2) is 38.3 Å². The molecule has 8 N–H and O–H groups in total. The topological polar surface area (TPSA) is 167 Å². The molecule has 0 aromatic heterocycles. The van der Waals surface area contributed by atoms with Crippen LogP contribution in [0.25, 0.3) is 0 Å². The largest absolute Gasteiger partial charge is 0.481 e. The van der Waals surface area contributed by atoms with Crippen LogP contribution in [0.3, 0.4) is 0 Å². The van der Waals surface area contributed by atoms with E-state index in [-0.39, 0.29) is 0 Å². The zero-order chi connectivity index (χ0) is 16.3. The van der Waals surface area contributed by atoms with Gasteiger partial charge in [-0.05, 0) is 5.56 Å². The number of hydrogen-bond donors (Lipinski definition) is 6. The molecule has 114 valence electrons. The molecule has 1 rings (SSSR count). The zero-order valence-electron chi connectivity index (χ0n) is 11.2. The average molecular weight is 288 g/mol. The van der Waals surface area contributed by atoms with Crippen LogP contribution in [0, 0.1) is 0 Å². The lowest BCUT2D eigenvalue weighted by molar-refractivity contribution is -0.173. The second kappa shape index (κ2) is 9.87. The summed E-state index contributed by atoms with van der Waals surface area (Å²) in [5.74, 6) is -4.03. The maximum absolute atomic E-state index is 9.00. The van der Waals surface area contributed by atoms with Crippen LogP contribution in [0.1, 0.15) is 25.5 Å². The number of hydrogen-bond acceptors (Lipinski definition) is 6. The van der Waals surface area contributed by atoms with Crippen molar-refractivity contribution in [2.75, 3.05) is 0 Å². The van der Waals surface area contributed by atoms with E-state index in [1.54, 1.807) is 24.3 Å². The quantitative estimate of drug-likeness (QED) is 0.394. The first kappa shape index (κ1) is 20.3. The van der Waals surface area contributed by atoms with Crippen LogP contribution in [0.15, 0.2) is 30.3 Å². The van der Waals surface area contributed by atoms with Crippen molar-refractivity contribution in [1.82, 2.24) is 0 Å². The van der Waals surface area contributed by atoms with Crippen LogP contribution in [0.4, 0.5) is 0 Å². The van der Waals surface area contributed by atoms with E-state index in [0.29, 0.717) is 5.56 Å². The van der Waals surface area contributed by atoms with Crippen molar-refractivity contribution in [3.8, 4) is 0 Å². The van der Waals surface area contributed by atoms with Gasteiger partial charge in [-0.15, -0.1) is 0 Å². The SMILES string of the molecule is CC(=O)O.CC(=O)O.NC(c1ccccc1)C(N)(O)O. The van der Waals surface area contributed by atoms with Gasteiger partial charge in [0.2, 0.25) is 5.91 Å². The van der Waals surface area contributed by atoms with Gasteiger partial charge in [0.1, 0.15) is 0 Å². The van der Waals surface area contributed by atoms with Crippen molar-refractivity contribution in [2.24, 2.45) is 11.5 Å². The minimum atomic E-state index is -2.36. The monoisotopic (exact) mass is 288 g/mol. The Labute approximate surface area is 116 Å². The molecule has 1 unspecified atom stereocenters. The molecule has 0 aliphatic heterocycles. The van der Waals surface area contributed by atoms with E-state index in [1.165, 1.54) is 0 Å². The van der Waals surface area contributed by atoms with Crippen LogP contribution in [0.2, 0.25) is 0 Å². The molecule has 0 spiro atoms. The molecular weight excluding hydrogens is 268 g/mol. The Bertz CT molecular complexity index is 382. The fourth-order valence-corrected chi connectivity index (χ4v) is 0.906. The van der Waals surface area contributed by atoms with Gasteiger partial charge in [0.15, 0.2) is 0 Å². The molecule has 20 heavy (non-hydrogen) atoms. The highest BCUT2D eigenvalue weighted by molar-refractivity contribution is 5.63. The first-order valence-corrected chi connectivity index (χ1v) is 5.41. The first-order chi connectivity index (χ1) is 8.98. The number of carboxylic acids is 2. The highest BCUT2D eigenvalue weighted by atomic mass is 16.5. The van der Waals surface area contributed by atoms with Crippen LogP contribution in [0.5, 0.6) is 0 Å². The summed E-state index contributed by atoms with van der Waals surface area (Å²) in [5, 5.41) is 32.7. The van der Waals surface area contributed by atoms with Gasteiger partial charge in [0.05, 0.1) is 6.04 Å². The second-order valence-electron chi connectivity index (χ2n) is 3.71. The lowest BCUT2D eigenvalue weighted by atomic mass is 10.1. The van der Waals surface area contributed by atoms with Crippen molar-refractivity contribution in [3.05, 3.63) is 35.9 Å². The van der Waals surface area contributed by atoms with E-state index in [9.17, 15) is 0 Å². The third-order valence-electron chi connectivity index (χ3n) is 1.62. The molecule has 0 aliphatic rings. The Balaban J connectivity index is 0. The average Bonchev–Trinajstić information content (AvgIpc) is 2.26. The third kappa shape index (κ3) is 14.1. The van der Waals surface area contributed by atoms with Crippen LogP contribution in [-0.2, 0) is 9.59 Å². The zero-order valence-corrected chi connectivity index (χ0v) is 11.2. The summed E-state index contributed by atoms with van der Waals surface area (Å²) in [4.78, 5) is 18.0. The van der Waals surface area contributed by atoms with Crippen molar-refractivity contribution < 1.29 is 30.0 Å². The normalized spacial score (nSPS) is 11.1. The molecule has 0 fully saturated rings. The minimum absolute atomic E-state index is 0.588. The van der Waals surface area contributed by atoms with Crippen molar-refractivity contribution >= 4 is 11.9 Å². The van der Waals surface area contributed by atoms with Gasteiger partial charge in [0, 0.05) is 13.8 Å². The predicted molar refractivity (Wildman–Crippen MR) is 71.3 cm³/mol. The smallest absolute Gasteiger partial charge is 0.300 e.